The lowest BCUT2D eigenvalue weighted by atomic mass is 10.0. The lowest BCUT2D eigenvalue weighted by molar-refractivity contribution is 0.667. The summed E-state index contributed by atoms with van der Waals surface area (Å²) in [6.07, 6.45) is 3.57. The van der Waals surface area contributed by atoms with Crippen LogP contribution in [0.3, 0.4) is 0 Å². The summed E-state index contributed by atoms with van der Waals surface area (Å²) in [6.45, 7) is 0. The number of pyridine rings is 1. The fourth-order valence-corrected chi connectivity index (χ4v) is 6.74. The van der Waals surface area contributed by atoms with Crippen molar-refractivity contribution >= 4 is 54.6 Å². The van der Waals surface area contributed by atoms with Crippen molar-refractivity contribution in [1.29, 1.82) is 0 Å². The van der Waals surface area contributed by atoms with Gasteiger partial charge in [0.15, 0.2) is 23.1 Å². The van der Waals surface area contributed by atoms with Crippen LogP contribution in [0.25, 0.3) is 99.9 Å². The Bertz CT molecular complexity index is 2850. The van der Waals surface area contributed by atoms with Gasteiger partial charge in [0, 0.05) is 44.4 Å². The highest BCUT2D eigenvalue weighted by Crippen LogP contribution is 2.39. The first-order valence-electron chi connectivity index (χ1n) is 15.8. The Morgan fingerprint density at radius 2 is 1.06 bits per heavy atom. The molecule has 0 aliphatic rings. The zero-order valence-electron chi connectivity index (χ0n) is 25.5. The molecule has 0 aliphatic heterocycles. The van der Waals surface area contributed by atoms with Gasteiger partial charge in [0.25, 0.3) is 0 Å². The molecule has 0 radical (unpaired) electrons. The number of fused-ring (bicyclic) bond motifs is 7. The summed E-state index contributed by atoms with van der Waals surface area (Å²) in [7, 11) is 0. The number of hydrogen-bond donors (Lipinski definition) is 0. The Morgan fingerprint density at radius 3 is 1.98 bits per heavy atom. The molecule has 0 amide bonds. The van der Waals surface area contributed by atoms with Crippen molar-refractivity contribution in [3.8, 4) is 45.3 Å². The van der Waals surface area contributed by atoms with Crippen molar-refractivity contribution in [2.45, 2.75) is 0 Å². The number of para-hydroxylation sites is 1. The van der Waals surface area contributed by atoms with Gasteiger partial charge in [-0.15, -0.1) is 0 Å². The Morgan fingerprint density at radius 1 is 0.375 bits per heavy atom. The smallest absolute Gasteiger partial charge is 0.166 e. The highest BCUT2D eigenvalue weighted by atomic mass is 16.3. The normalized spacial score (nSPS) is 11.8. The molecule has 0 aliphatic carbocycles. The molecule has 224 valence electrons. The molecule has 4 heterocycles. The van der Waals surface area contributed by atoms with E-state index in [-0.39, 0.29) is 0 Å². The second kappa shape index (κ2) is 10.4. The monoisotopic (exact) mass is 616 g/mol. The number of benzene rings is 6. The molecule has 10 rings (SSSR count). The lowest BCUT2D eigenvalue weighted by Crippen LogP contribution is -2.01. The maximum absolute atomic E-state index is 6.40. The summed E-state index contributed by atoms with van der Waals surface area (Å²) in [5.74, 6) is 1.64. The molecule has 6 aromatic carbocycles. The molecular weight excluding hydrogens is 592 g/mol. The summed E-state index contributed by atoms with van der Waals surface area (Å²) in [5, 5.41) is 6.12. The van der Waals surface area contributed by atoms with Crippen molar-refractivity contribution < 1.29 is 8.83 Å². The second-order valence-electron chi connectivity index (χ2n) is 11.9. The maximum Gasteiger partial charge on any atom is 0.166 e. The predicted molar refractivity (Wildman–Crippen MR) is 191 cm³/mol. The highest BCUT2D eigenvalue weighted by molar-refractivity contribution is 6.13. The van der Waals surface area contributed by atoms with Gasteiger partial charge < -0.3 is 8.83 Å². The third kappa shape index (κ3) is 4.20. The van der Waals surface area contributed by atoms with E-state index in [1.54, 1.807) is 6.20 Å². The number of hydrogen-bond acceptors (Lipinski definition) is 6. The van der Waals surface area contributed by atoms with Crippen LogP contribution in [0.5, 0.6) is 0 Å². The zero-order valence-corrected chi connectivity index (χ0v) is 25.5. The van der Waals surface area contributed by atoms with Crippen molar-refractivity contribution in [3.05, 3.63) is 146 Å². The summed E-state index contributed by atoms with van der Waals surface area (Å²) in [4.78, 5) is 20.0. The second-order valence-corrected chi connectivity index (χ2v) is 11.9. The van der Waals surface area contributed by atoms with Crippen LogP contribution >= 0.6 is 0 Å². The Labute approximate surface area is 274 Å². The number of nitrogens with zero attached hydrogens (tertiary/aromatic N) is 4. The van der Waals surface area contributed by atoms with Crippen LogP contribution in [-0.2, 0) is 0 Å². The molecule has 0 fully saturated rings. The summed E-state index contributed by atoms with van der Waals surface area (Å²) >= 11 is 0. The van der Waals surface area contributed by atoms with E-state index in [4.69, 9.17) is 23.8 Å². The molecule has 0 saturated heterocycles. The van der Waals surface area contributed by atoms with Gasteiger partial charge in [-0.3, -0.25) is 4.98 Å². The van der Waals surface area contributed by atoms with Crippen molar-refractivity contribution in [2.24, 2.45) is 0 Å². The Hall–Kier alpha value is -6.66. The first-order valence-corrected chi connectivity index (χ1v) is 15.8. The minimum absolute atomic E-state index is 0.515. The third-order valence-electron chi connectivity index (χ3n) is 9.02. The van der Waals surface area contributed by atoms with Crippen LogP contribution in [0, 0.1) is 0 Å². The number of furan rings is 2. The average molecular weight is 617 g/mol. The van der Waals surface area contributed by atoms with E-state index in [0.29, 0.717) is 23.1 Å². The maximum atomic E-state index is 6.40. The molecule has 0 atom stereocenters. The molecule has 0 saturated carbocycles. The predicted octanol–water partition coefficient (Wildman–Crippen LogP) is 10.9. The van der Waals surface area contributed by atoms with Gasteiger partial charge in [0.2, 0.25) is 0 Å². The molecule has 0 spiro atoms. The Balaban J connectivity index is 1.23. The SMILES string of the molecule is c1ccc(-c2ccc3c(c2)oc2cncc(-c4nc(-c5ccc6ccccc6c5)nc(-c5cccc6oc7ccccc7c56)n4)c23)cc1. The minimum atomic E-state index is 0.515. The average Bonchev–Trinajstić information content (AvgIpc) is 3.73. The fraction of sp³-hybridized carbons (Fsp3) is 0. The molecule has 10 aromatic rings. The largest absolute Gasteiger partial charge is 0.456 e. The Kier molecular flexibility index (Phi) is 5.77. The van der Waals surface area contributed by atoms with Crippen molar-refractivity contribution in [3.63, 3.8) is 0 Å². The van der Waals surface area contributed by atoms with Crippen LogP contribution in [0.15, 0.2) is 155 Å². The molecule has 0 N–H and O–H groups in total. The summed E-state index contributed by atoms with van der Waals surface area (Å²) in [5.41, 5.74) is 7.79. The summed E-state index contributed by atoms with van der Waals surface area (Å²) in [6, 6.07) is 45.3. The molecule has 0 bridgehead atoms. The molecular formula is C42H24N4O2. The van der Waals surface area contributed by atoms with E-state index in [9.17, 15) is 0 Å². The first kappa shape index (κ1) is 26.5. The molecule has 6 nitrogen and oxygen atoms in total. The molecule has 0 unspecified atom stereocenters. The fourth-order valence-electron chi connectivity index (χ4n) is 6.74. The van der Waals surface area contributed by atoms with Gasteiger partial charge in [0.1, 0.15) is 16.7 Å². The van der Waals surface area contributed by atoms with E-state index in [1.807, 2.05) is 72.9 Å². The van der Waals surface area contributed by atoms with E-state index in [2.05, 4.69) is 71.7 Å². The third-order valence-corrected chi connectivity index (χ3v) is 9.02. The highest BCUT2D eigenvalue weighted by Gasteiger charge is 2.21. The van der Waals surface area contributed by atoms with Gasteiger partial charge in [-0.1, -0.05) is 103 Å². The minimum Gasteiger partial charge on any atom is -0.456 e. The molecule has 6 heteroatoms. The zero-order chi connectivity index (χ0) is 31.6. The van der Waals surface area contributed by atoms with Crippen LogP contribution in [-0.4, -0.2) is 19.9 Å². The van der Waals surface area contributed by atoms with E-state index in [1.165, 1.54) is 0 Å². The van der Waals surface area contributed by atoms with Gasteiger partial charge in [0.05, 0.1) is 6.20 Å². The van der Waals surface area contributed by atoms with Gasteiger partial charge in [-0.2, -0.15) is 0 Å². The number of rotatable bonds is 4. The summed E-state index contributed by atoms with van der Waals surface area (Å²) < 4.78 is 12.6. The molecule has 4 aromatic heterocycles. The van der Waals surface area contributed by atoms with Crippen LogP contribution in [0.4, 0.5) is 0 Å². The van der Waals surface area contributed by atoms with E-state index in [0.717, 1.165) is 76.9 Å². The van der Waals surface area contributed by atoms with Crippen LogP contribution < -0.4 is 0 Å². The van der Waals surface area contributed by atoms with Crippen LogP contribution in [0.1, 0.15) is 0 Å². The number of aromatic nitrogens is 4. The van der Waals surface area contributed by atoms with Gasteiger partial charge in [-0.25, -0.2) is 15.0 Å². The first-order chi connectivity index (χ1) is 23.8. The van der Waals surface area contributed by atoms with E-state index < -0.39 is 0 Å². The van der Waals surface area contributed by atoms with Gasteiger partial charge >= 0.3 is 0 Å². The topological polar surface area (TPSA) is 77.8 Å². The lowest BCUT2D eigenvalue weighted by Gasteiger charge is -2.10. The quantitative estimate of drug-likeness (QED) is 0.196. The van der Waals surface area contributed by atoms with Crippen LogP contribution in [0.2, 0.25) is 0 Å². The van der Waals surface area contributed by atoms with E-state index >= 15 is 0 Å². The van der Waals surface area contributed by atoms with Crippen molar-refractivity contribution in [2.75, 3.05) is 0 Å². The van der Waals surface area contributed by atoms with Crippen molar-refractivity contribution in [1.82, 2.24) is 19.9 Å². The molecule has 48 heavy (non-hydrogen) atoms. The van der Waals surface area contributed by atoms with Gasteiger partial charge in [-0.05, 0) is 52.2 Å². The standard InChI is InChI=1S/C42H24N4O2/c1-2-9-25(10-3-1)28-19-20-31-36(22-28)48-37-24-43-23-33(39(31)37)42-45-40(29-18-17-26-11-4-5-12-27(26)21-29)44-41(46-42)32-14-8-16-35-38(32)30-13-6-7-15-34(30)47-35/h1-24H.